The molecule has 0 heterocycles. The zero-order valence-corrected chi connectivity index (χ0v) is 16.9. The number of carbonyl (C=O) groups excluding carboxylic acids is 1. The summed E-state index contributed by atoms with van der Waals surface area (Å²) in [5, 5.41) is 0.706. The zero-order chi connectivity index (χ0) is 17.3. The predicted molar refractivity (Wildman–Crippen MR) is 95.5 cm³/mol. The van der Waals surface area contributed by atoms with Crippen LogP contribution in [0.1, 0.15) is 69.2 Å². The molecule has 0 rings (SSSR count). The van der Waals surface area contributed by atoms with Gasteiger partial charge in [-0.05, 0) is 28.1 Å². The van der Waals surface area contributed by atoms with Crippen molar-refractivity contribution >= 4 is 14.0 Å². The van der Waals surface area contributed by atoms with Gasteiger partial charge in [-0.3, -0.25) is 0 Å². The van der Waals surface area contributed by atoms with Crippen LogP contribution >= 0.6 is 0 Å². The van der Waals surface area contributed by atoms with Crippen LogP contribution in [-0.2, 0) is 9.53 Å². The maximum Gasteiger partial charge on any atom is 0.333 e. The van der Waals surface area contributed by atoms with Gasteiger partial charge in [0.25, 0.3) is 0 Å². The monoisotopic (exact) mass is 312 g/mol. The van der Waals surface area contributed by atoms with Crippen molar-refractivity contribution < 1.29 is 9.53 Å². The van der Waals surface area contributed by atoms with Gasteiger partial charge in [0.15, 0.2) is 0 Å². The smallest absolute Gasteiger partial charge is 0.333 e. The van der Waals surface area contributed by atoms with Crippen LogP contribution in [0.3, 0.4) is 0 Å². The van der Waals surface area contributed by atoms with Gasteiger partial charge >= 0.3 is 5.97 Å². The number of hydrogen-bond acceptors (Lipinski definition) is 2. The molecular formula is C18H36O2Si. The molecule has 124 valence electrons. The van der Waals surface area contributed by atoms with Gasteiger partial charge in [0.05, 0.1) is 14.7 Å². The Balaban J connectivity index is 5.54. The average Bonchev–Trinajstić information content (AvgIpc) is 2.17. The molecule has 0 saturated carbocycles. The zero-order valence-electron chi connectivity index (χ0n) is 15.9. The summed E-state index contributed by atoms with van der Waals surface area (Å²) in [6.07, 6.45) is 0. The topological polar surface area (TPSA) is 26.3 Å². The molecule has 0 fully saturated rings. The Hall–Kier alpha value is -0.573. The van der Waals surface area contributed by atoms with Crippen LogP contribution in [0.2, 0.25) is 21.2 Å². The lowest BCUT2D eigenvalue weighted by Gasteiger charge is -2.59. The Labute approximate surface area is 133 Å². The van der Waals surface area contributed by atoms with E-state index < -0.39 is 8.07 Å². The van der Waals surface area contributed by atoms with Crippen LogP contribution in [0.5, 0.6) is 0 Å². The standard InChI is InChI=1S/C18H36O2Si/c1-14(2)15(19)20-12-13-21(16(3,4)5,17(6,7)8)18(9,10)11/h1,12-13H2,2-11H3. The van der Waals surface area contributed by atoms with Crippen molar-refractivity contribution in [2.75, 3.05) is 6.61 Å². The summed E-state index contributed by atoms with van der Waals surface area (Å²) < 4.78 is 5.44. The molecular weight excluding hydrogens is 276 g/mol. The maximum absolute atomic E-state index is 11.7. The average molecular weight is 313 g/mol. The lowest BCUT2D eigenvalue weighted by Crippen LogP contribution is -2.58. The molecule has 2 nitrogen and oxygen atoms in total. The summed E-state index contributed by atoms with van der Waals surface area (Å²) in [6.45, 7) is 27.1. The first-order chi connectivity index (χ1) is 9.08. The normalized spacial score (nSPS) is 14.0. The van der Waals surface area contributed by atoms with Crippen LogP contribution in [0, 0.1) is 0 Å². The van der Waals surface area contributed by atoms with E-state index in [1.807, 2.05) is 0 Å². The van der Waals surface area contributed by atoms with E-state index in [-0.39, 0.29) is 21.1 Å². The molecule has 0 amide bonds. The second-order valence-corrected chi connectivity index (χ2v) is 16.1. The first-order valence-corrected chi connectivity index (χ1v) is 10.1. The van der Waals surface area contributed by atoms with Crippen molar-refractivity contribution in [2.45, 2.75) is 90.4 Å². The molecule has 0 aliphatic rings. The van der Waals surface area contributed by atoms with Crippen LogP contribution in [0.15, 0.2) is 12.2 Å². The minimum absolute atomic E-state index is 0.235. The summed E-state index contributed by atoms with van der Waals surface area (Å²) >= 11 is 0. The SMILES string of the molecule is C=C(C)C(=O)OCC[Si](C(C)(C)C)(C(C)(C)C)C(C)(C)C. The number of hydrogen-bond donors (Lipinski definition) is 0. The predicted octanol–water partition coefficient (Wildman–Crippen LogP) is 5.95. The first-order valence-electron chi connectivity index (χ1n) is 7.90. The van der Waals surface area contributed by atoms with E-state index in [9.17, 15) is 4.79 Å². The highest BCUT2D eigenvalue weighted by atomic mass is 28.3. The van der Waals surface area contributed by atoms with Crippen molar-refractivity contribution in [3.63, 3.8) is 0 Å². The molecule has 0 spiro atoms. The molecule has 0 aliphatic heterocycles. The fourth-order valence-electron chi connectivity index (χ4n) is 4.92. The summed E-state index contributed by atoms with van der Waals surface area (Å²) in [5.41, 5.74) is 0.476. The third-order valence-corrected chi connectivity index (χ3v) is 13.5. The molecule has 21 heavy (non-hydrogen) atoms. The van der Waals surface area contributed by atoms with Crippen LogP contribution in [0.4, 0.5) is 0 Å². The fraction of sp³-hybridized carbons (Fsp3) is 0.833. The van der Waals surface area contributed by atoms with Crippen molar-refractivity contribution in [1.29, 1.82) is 0 Å². The molecule has 0 aromatic rings. The van der Waals surface area contributed by atoms with Crippen molar-refractivity contribution in [3.05, 3.63) is 12.2 Å². The van der Waals surface area contributed by atoms with Crippen LogP contribution in [0.25, 0.3) is 0 Å². The minimum atomic E-state index is -1.81. The fourth-order valence-corrected chi connectivity index (χ4v) is 14.3. The Morgan fingerprint density at radius 2 is 1.24 bits per heavy atom. The minimum Gasteiger partial charge on any atom is -0.463 e. The van der Waals surface area contributed by atoms with Crippen LogP contribution in [-0.4, -0.2) is 20.7 Å². The molecule has 3 heteroatoms. The molecule has 0 atom stereocenters. The summed E-state index contributed by atoms with van der Waals surface area (Å²) in [6, 6.07) is 0.989. The maximum atomic E-state index is 11.7. The second-order valence-electron chi connectivity index (χ2n) is 9.32. The van der Waals surface area contributed by atoms with Gasteiger partial charge in [0.1, 0.15) is 0 Å². The van der Waals surface area contributed by atoms with Gasteiger partial charge in [-0.25, -0.2) is 4.79 Å². The molecule has 0 radical (unpaired) electrons. The molecule has 0 saturated heterocycles. The molecule has 0 aromatic heterocycles. The molecule has 0 aliphatic carbocycles. The number of rotatable bonds is 4. The largest absolute Gasteiger partial charge is 0.463 e. The van der Waals surface area contributed by atoms with Gasteiger partial charge in [-0.2, -0.15) is 0 Å². The molecule has 0 unspecified atom stereocenters. The number of esters is 1. The van der Waals surface area contributed by atoms with Gasteiger partial charge in [-0.1, -0.05) is 68.9 Å². The Kier molecular flexibility index (Phi) is 6.10. The van der Waals surface area contributed by atoms with Crippen molar-refractivity contribution in [1.82, 2.24) is 0 Å². The van der Waals surface area contributed by atoms with Gasteiger partial charge in [-0.15, -0.1) is 0 Å². The van der Waals surface area contributed by atoms with E-state index in [2.05, 4.69) is 68.9 Å². The Morgan fingerprint density at radius 3 is 1.48 bits per heavy atom. The highest BCUT2D eigenvalue weighted by Gasteiger charge is 2.58. The molecule has 0 bridgehead atoms. The highest BCUT2D eigenvalue weighted by molar-refractivity contribution is 6.87. The summed E-state index contributed by atoms with van der Waals surface area (Å²) in [4.78, 5) is 11.7. The van der Waals surface area contributed by atoms with E-state index in [4.69, 9.17) is 4.74 Å². The lowest BCUT2D eigenvalue weighted by molar-refractivity contribution is -0.138. The summed E-state index contributed by atoms with van der Waals surface area (Å²) in [7, 11) is -1.81. The quantitative estimate of drug-likeness (QED) is 0.364. The van der Waals surface area contributed by atoms with Gasteiger partial charge in [0, 0.05) is 5.57 Å². The van der Waals surface area contributed by atoms with E-state index in [0.717, 1.165) is 6.04 Å². The Bertz CT molecular complexity index is 353. The number of ether oxygens (including phenoxy) is 1. The summed E-state index contributed by atoms with van der Waals surface area (Å²) in [5.74, 6) is -0.269. The second kappa shape index (κ2) is 6.27. The lowest BCUT2D eigenvalue weighted by atomic mass is 10.2. The number of carbonyl (C=O) groups is 1. The first kappa shape index (κ1) is 20.4. The van der Waals surface area contributed by atoms with Gasteiger partial charge < -0.3 is 4.74 Å². The van der Waals surface area contributed by atoms with Crippen molar-refractivity contribution in [2.24, 2.45) is 0 Å². The van der Waals surface area contributed by atoms with E-state index in [0.29, 0.717) is 12.2 Å². The van der Waals surface area contributed by atoms with E-state index >= 15 is 0 Å². The van der Waals surface area contributed by atoms with E-state index in [1.165, 1.54) is 0 Å². The molecule has 0 aromatic carbocycles. The third kappa shape index (κ3) is 4.21. The molecule has 0 N–H and O–H groups in total. The van der Waals surface area contributed by atoms with Crippen molar-refractivity contribution in [3.8, 4) is 0 Å². The highest BCUT2D eigenvalue weighted by Crippen LogP contribution is 2.63. The van der Waals surface area contributed by atoms with Crippen LogP contribution < -0.4 is 0 Å². The third-order valence-electron chi connectivity index (χ3n) is 4.90. The van der Waals surface area contributed by atoms with E-state index in [1.54, 1.807) is 6.92 Å². The Morgan fingerprint density at radius 1 is 0.905 bits per heavy atom. The van der Waals surface area contributed by atoms with Gasteiger partial charge in [0.2, 0.25) is 0 Å².